The summed E-state index contributed by atoms with van der Waals surface area (Å²) >= 11 is 11.5. The molecule has 0 aliphatic heterocycles. The molecule has 0 saturated carbocycles. The van der Waals surface area contributed by atoms with E-state index in [-0.39, 0.29) is 6.61 Å². The molecule has 0 heterocycles. The molecule has 1 rings (SSSR count). The van der Waals surface area contributed by atoms with E-state index in [0.717, 1.165) is 0 Å². The number of rotatable bonds is 2. The lowest BCUT2D eigenvalue weighted by Crippen LogP contribution is -2.14. The molecule has 0 aromatic heterocycles. The lowest BCUT2D eigenvalue weighted by atomic mass is 10.1. The van der Waals surface area contributed by atoms with E-state index in [4.69, 9.17) is 39.8 Å². The van der Waals surface area contributed by atoms with Gasteiger partial charge in [-0.1, -0.05) is 23.2 Å². The summed E-state index contributed by atoms with van der Waals surface area (Å²) in [7, 11) is 0. The second-order valence-corrected chi connectivity index (χ2v) is 3.50. The van der Waals surface area contributed by atoms with Gasteiger partial charge in [0.05, 0.1) is 28.4 Å². The monoisotopic (exact) mass is 220 g/mol. The van der Waals surface area contributed by atoms with E-state index >= 15 is 0 Å². The molecule has 0 radical (unpaired) electrons. The number of anilines is 1. The molecule has 13 heavy (non-hydrogen) atoms. The number of hydrogen-bond donors (Lipinski definition) is 3. The number of aliphatic hydroxyl groups is 1. The van der Waals surface area contributed by atoms with Crippen LogP contribution in [0.5, 0.6) is 0 Å². The van der Waals surface area contributed by atoms with Gasteiger partial charge in [-0.3, -0.25) is 0 Å². The van der Waals surface area contributed by atoms with Crippen molar-refractivity contribution in [2.75, 3.05) is 12.3 Å². The molecule has 1 aromatic carbocycles. The second kappa shape index (κ2) is 4.15. The van der Waals surface area contributed by atoms with Gasteiger partial charge in [0, 0.05) is 0 Å². The molecule has 1 atom stereocenters. The number of aliphatic hydroxyl groups excluding tert-OH is 1. The maximum atomic E-state index is 8.80. The number of hydrogen-bond acceptors (Lipinski definition) is 3. The topological polar surface area (TPSA) is 72.3 Å². The summed E-state index contributed by atoms with van der Waals surface area (Å²) < 4.78 is 0. The SMILES string of the molecule is Nc1c(Cl)cc([C@@H](N)CO)cc1Cl. The van der Waals surface area contributed by atoms with Crippen LogP contribution >= 0.6 is 23.2 Å². The van der Waals surface area contributed by atoms with Crippen LogP contribution in [0.3, 0.4) is 0 Å². The van der Waals surface area contributed by atoms with Crippen molar-refractivity contribution >= 4 is 28.9 Å². The zero-order valence-electron chi connectivity index (χ0n) is 6.80. The predicted octanol–water partition coefficient (Wildman–Crippen LogP) is 1.57. The van der Waals surface area contributed by atoms with E-state index in [1.165, 1.54) is 0 Å². The van der Waals surface area contributed by atoms with Gasteiger partial charge >= 0.3 is 0 Å². The highest BCUT2D eigenvalue weighted by molar-refractivity contribution is 6.38. The Labute approximate surface area is 86.2 Å². The summed E-state index contributed by atoms with van der Waals surface area (Å²) in [5.41, 5.74) is 12.1. The Balaban J connectivity index is 3.13. The largest absolute Gasteiger partial charge is 0.396 e. The number of nitrogens with two attached hydrogens (primary N) is 2. The van der Waals surface area contributed by atoms with Crippen LogP contribution in [0.4, 0.5) is 5.69 Å². The van der Waals surface area contributed by atoms with Crippen LogP contribution in [0.1, 0.15) is 11.6 Å². The summed E-state index contributed by atoms with van der Waals surface area (Å²) in [5.74, 6) is 0. The number of nitrogen functional groups attached to an aromatic ring is 1. The van der Waals surface area contributed by atoms with Crippen LogP contribution in [-0.4, -0.2) is 11.7 Å². The van der Waals surface area contributed by atoms with Crippen LogP contribution in [0.2, 0.25) is 10.0 Å². The Hall–Kier alpha value is -0.480. The van der Waals surface area contributed by atoms with E-state index < -0.39 is 6.04 Å². The molecule has 0 amide bonds. The van der Waals surface area contributed by atoms with Crippen molar-refractivity contribution in [2.45, 2.75) is 6.04 Å². The van der Waals surface area contributed by atoms with Crippen LogP contribution in [-0.2, 0) is 0 Å². The Bertz CT molecular complexity index is 294. The molecule has 0 unspecified atom stereocenters. The van der Waals surface area contributed by atoms with Gasteiger partial charge in [-0.25, -0.2) is 0 Å². The summed E-state index contributed by atoms with van der Waals surface area (Å²) in [4.78, 5) is 0. The minimum absolute atomic E-state index is 0.156. The molecule has 0 spiro atoms. The third-order valence-corrected chi connectivity index (χ3v) is 2.35. The van der Waals surface area contributed by atoms with E-state index in [9.17, 15) is 0 Å². The van der Waals surface area contributed by atoms with E-state index in [1.54, 1.807) is 12.1 Å². The van der Waals surface area contributed by atoms with Crippen molar-refractivity contribution in [3.05, 3.63) is 27.7 Å². The Morgan fingerprint density at radius 1 is 1.31 bits per heavy atom. The Morgan fingerprint density at radius 2 is 1.77 bits per heavy atom. The molecular formula is C8H10Cl2N2O. The molecule has 0 saturated heterocycles. The fourth-order valence-electron chi connectivity index (χ4n) is 0.923. The average Bonchev–Trinajstić information content (AvgIpc) is 2.12. The van der Waals surface area contributed by atoms with Crippen LogP contribution in [0.25, 0.3) is 0 Å². The summed E-state index contributed by atoms with van der Waals surface area (Å²) in [5, 5.41) is 9.50. The standard InChI is InChI=1S/C8H10Cl2N2O/c9-5-1-4(7(11)3-13)2-6(10)8(5)12/h1-2,7,13H,3,11-12H2/t7-/m0/s1. The third-order valence-electron chi connectivity index (χ3n) is 1.73. The molecule has 5 N–H and O–H groups in total. The van der Waals surface area contributed by atoms with Crippen molar-refractivity contribution in [1.29, 1.82) is 0 Å². The lowest BCUT2D eigenvalue weighted by Gasteiger charge is -2.10. The number of benzene rings is 1. The van der Waals surface area contributed by atoms with Crippen molar-refractivity contribution in [3.63, 3.8) is 0 Å². The highest BCUT2D eigenvalue weighted by atomic mass is 35.5. The predicted molar refractivity (Wildman–Crippen MR) is 54.9 cm³/mol. The summed E-state index contributed by atoms with van der Waals surface area (Å²) in [6.45, 7) is -0.156. The first-order chi connectivity index (χ1) is 6.06. The fraction of sp³-hybridized carbons (Fsp3) is 0.250. The van der Waals surface area contributed by atoms with Gasteiger partial charge in [-0.2, -0.15) is 0 Å². The molecule has 1 aromatic rings. The molecule has 0 bridgehead atoms. The third kappa shape index (κ3) is 2.25. The Morgan fingerprint density at radius 3 is 2.15 bits per heavy atom. The smallest absolute Gasteiger partial charge is 0.0693 e. The zero-order chi connectivity index (χ0) is 10.0. The molecule has 0 aliphatic rings. The first-order valence-electron chi connectivity index (χ1n) is 3.67. The first-order valence-corrected chi connectivity index (χ1v) is 4.42. The van der Waals surface area contributed by atoms with Gasteiger partial charge < -0.3 is 16.6 Å². The second-order valence-electron chi connectivity index (χ2n) is 2.69. The zero-order valence-corrected chi connectivity index (χ0v) is 8.31. The fourth-order valence-corrected chi connectivity index (χ4v) is 1.43. The van der Waals surface area contributed by atoms with E-state index in [0.29, 0.717) is 21.3 Å². The van der Waals surface area contributed by atoms with Crippen molar-refractivity contribution in [3.8, 4) is 0 Å². The van der Waals surface area contributed by atoms with Gasteiger partial charge in [-0.05, 0) is 17.7 Å². The lowest BCUT2D eigenvalue weighted by molar-refractivity contribution is 0.268. The van der Waals surface area contributed by atoms with Crippen molar-refractivity contribution in [1.82, 2.24) is 0 Å². The van der Waals surface area contributed by atoms with E-state index in [2.05, 4.69) is 0 Å². The first kappa shape index (κ1) is 10.6. The van der Waals surface area contributed by atoms with Crippen molar-refractivity contribution in [2.24, 2.45) is 5.73 Å². The summed E-state index contributed by atoms with van der Waals surface area (Å²) in [6.07, 6.45) is 0. The van der Waals surface area contributed by atoms with Gasteiger partial charge in [0.15, 0.2) is 0 Å². The van der Waals surface area contributed by atoms with E-state index in [1.807, 2.05) is 0 Å². The normalized spacial score (nSPS) is 12.9. The van der Waals surface area contributed by atoms with Gasteiger partial charge in [-0.15, -0.1) is 0 Å². The molecule has 3 nitrogen and oxygen atoms in total. The minimum atomic E-state index is -0.476. The molecule has 0 fully saturated rings. The molecular weight excluding hydrogens is 211 g/mol. The Kier molecular flexibility index (Phi) is 3.39. The van der Waals surface area contributed by atoms with Gasteiger partial charge in [0.25, 0.3) is 0 Å². The minimum Gasteiger partial charge on any atom is -0.396 e. The number of halogens is 2. The average molecular weight is 221 g/mol. The van der Waals surface area contributed by atoms with Crippen LogP contribution in [0.15, 0.2) is 12.1 Å². The molecule has 5 heteroatoms. The van der Waals surface area contributed by atoms with Crippen LogP contribution < -0.4 is 11.5 Å². The molecule has 72 valence electrons. The van der Waals surface area contributed by atoms with Crippen LogP contribution in [0, 0.1) is 0 Å². The highest BCUT2D eigenvalue weighted by Crippen LogP contribution is 2.30. The maximum absolute atomic E-state index is 8.80. The summed E-state index contributed by atoms with van der Waals surface area (Å²) in [6, 6.07) is 2.73. The highest BCUT2D eigenvalue weighted by Gasteiger charge is 2.09. The van der Waals surface area contributed by atoms with Gasteiger partial charge in [0.2, 0.25) is 0 Å². The quantitative estimate of drug-likeness (QED) is 0.663. The van der Waals surface area contributed by atoms with Gasteiger partial charge in [0.1, 0.15) is 0 Å². The molecule has 0 aliphatic carbocycles. The van der Waals surface area contributed by atoms with Crippen molar-refractivity contribution < 1.29 is 5.11 Å². The maximum Gasteiger partial charge on any atom is 0.0693 e.